The van der Waals surface area contributed by atoms with Crippen LogP contribution in [0.5, 0.6) is 0 Å². The highest BCUT2D eigenvalue weighted by atomic mass is 16.3. The van der Waals surface area contributed by atoms with Crippen LogP contribution in [0.25, 0.3) is 98.4 Å². The lowest BCUT2D eigenvalue weighted by atomic mass is 9.77. The second kappa shape index (κ2) is 12.2. The quantitative estimate of drug-likeness (QED) is 0.169. The molecule has 1 aliphatic rings. The molecule has 10 aromatic rings. The van der Waals surface area contributed by atoms with Crippen molar-refractivity contribution in [2.24, 2.45) is 0 Å². The summed E-state index contributed by atoms with van der Waals surface area (Å²) < 4.78 is 7.06. The van der Waals surface area contributed by atoms with Crippen molar-refractivity contribution in [3.05, 3.63) is 169 Å². The number of furan rings is 1. The first kappa shape index (κ1) is 30.4. The van der Waals surface area contributed by atoms with Crippen LogP contribution < -0.4 is 0 Å². The molecule has 0 unspecified atom stereocenters. The largest absolute Gasteiger partial charge is 0.455 e. The molecule has 53 heavy (non-hydrogen) atoms. The topological polar surface area (TPSA) is 13.1 Å². The molecule has 0 amide bonds. The van der Waals surface area contributed by atoms with Gasteiger partial charge >= 0.3 is 0 Å². The van der Waals surface area contributed by atoms with Crippen LogP contribution in [-0.4, -0.2) is 0 Å². The molecule has 252 valence electrons. The maximum atomic E-state index is 7.06. The minimum atomic E-state index is 0.596. The normalized spacial score (nSPS) is 14.0. The molecule has 1 aromatic heterocycles. The van der Waals surface area contributed by atoms with Crippen molar-refractivity contribution < 1.29 is 4.42 Å². The van der Waals surface area contributed by atoms with Crippen molar-refractivity contribution in [1.82, 2.24) is 0 Å². The Balaban J connectivity index is 1.22. The van der Waals surface area contributed by atoms with Crippen molar-refractivity contribution in [3.8, 4) is 33.4 Å². The third kappa shape index (κ3) is 4.63. The van der Waals surface area contributed by atoms with Gasteiger partial charge in [-0.15, -0.1) is 0 Å². The van der Waals surface area contributed by atoms with Crippen molar-refractivity contribution in [3.63, 3.8) is 0 Å². The van der Waals surface area contributed by atoms with E-state index in [1.807, 2.05) is 0 Å². The summed E-state index contributed by atoms with van der Waals surface area (Å²) in [5.41, 5.74) is 10.8. The molecule has 0 radical (unpaired) electrons. The van der Waals surface area contributed by atoms with Gasteiger partial charge in [-0.2, -0.15) is 0 Å². The van der Waals surface area contributed by atoms with E-state index in [0.717, 1.165) is 22.1 Å². The van der Waals surface area contributed by atoms with E-state index >= 15 is 0 Å². The van der Waals surface area contributed by atoms with Gasteiger partial charge in [-0.05, 0) is 95.7 Å². The Labute approximate surface area is 309 Å². The molecule has 11 rings (SSSR count). The maximum Gasteiger partial charge on any atom is 0.143 e. The second-order valence-corrected chi connectivity index (χ2v) is 14.9. The van der Waals surface area contributed by atoms with Crippen LogP contribution in [-0.2, 0) is 0 Å². The maximum absolute atomic E-state index is 7.06. The molecule has 0 bridgehead atoms. The van der Waals surface area contributed by atoms with Gasteiger partial charge in [-0.1, -0.05) is 177 Å². The van der Waals surface area contributed by atoms with Crippen LogP contribution in [0.3, 0.4) is 0 Å². The Morgan fingerprint density at radius 2 is 0.811 bits per heavy atom. The van der Waals surface area contributed by atoms with Gasteiger partial charge in [0.05, 0.1) is 0 Å². The van der Waals surface area contributed by atoms with Gasteiger partial charge in [0.2, 0.25) is 0 Å². The fourth-order valence-corrected chi connectivity index (χ4v) is 9.87. The zero-order chi connectivity index (χ0) is 34.9. The lowest BCUT2D eigenvalue weighted by Crippen LogP contribution is -2.06. The number of rotatable bonds is 4. The van der Waals surface area contributed by atoms with Crippen LogP contribution in [0.1, 0.15) is 43.6 Å². The first-order chi connectivity index (χ1) is 26.3. The minimum absolute atomic E-state index is 0.596. The van der Waals surface area contributed by atoms with E-state index in [1.165, 1.54) is 108 Å². The molecule has 0 atom stereocenters. The van der Waals surface area contributed by atoms with Gasteiger partial charge in [0, 0.05) is 21.9 Å². The average molecular weight is 679 g/mol. The van der Waals surface area contributed by atoms with Crippen LogP contribution in [0.4, 0.5) is 0 Å². The molecule has 0 N–H and O–H groups in total. The average Bonchev–Trinajstić information content (AvgIpc) is 3.62. The fourth-order valence-electron chi connectivity index (χ4n) is 9.87. The van der Waals surface area contributed by atoms with Crippen molar-refractivity contribution in [2.75, 3.05) is 0 Å². The lowest BCUT2D eigenvalue weighted by Gasteiger charge is -2.26. The standard InChI is InChI=1S/C52H38O/c1-3-17-33(18-4-1)47-35-21-7-11-25-39(35)49(40-26-12-8-22-36(40)47)43-29-16-32-46-51(43)45-31-15-30-44(52(45)53-46)50-41-27-13-9-23-37(41)48(34-19-5-2-6-20-34)38-24-10-14-28-42(38)50/h2,5-16,19-33H,1,3-4,17-18H2. The number of fused-ring (bicyclic) bond motifs is 7. The van der Waals surface area contributed by atoms with E-state index in [9.17, 15) is 0 Å². The van der Waals surface area contributed by atoms with Crippen LogP contribution in [0.2, 0.25) is 0 Å². The molecule has 1 heteroatoms. The van der Waals surface area contributed by atoms with Gasteiger partial charge in [-0.25, -0.2) is 0 Å². The van der Waals surface area contributed by atoms with Gasteiger partial charge in [0.15, 0.2) is 0 Å². The molecule has 9 aromatic carbocycles. The minimum Gasteiger partial charge on any atom is -0.455 e. The van der Waals surface area contributed by atoms with Crippen molar-refractivity contribution in [2.45, 2.75) is 38.0 Å². The Morgan fingerprint density at radius 3 is 1.42 bits per heavy atom. The van der Waals surface area contributed by atoms with Gasteiger partial charge < -0.3 is 4.42 Å². The smallest absolute Gasteiger partial charge is 0.143 e. The van der Waals surface area contributed by atoms with Crippen LogP contribution in [0, 0.1) is 0 Å². The summed E-state index contributed by atoms with van der Waals surface area (Å²) in [5, 5.41) is 12.7. The van der Waals surface area contributed by atoms with Gasteiger partial charge in [0.1, 0.15) is 11.2 Å². The van der Waals surface area contributed by atoms with E-state index in [0.29, 0.717) is 5.92 Å². The molecule has 0 saturated heterocycles. The highest BCUT2D eigenvalue weighted by Gasteiger charge is 2.26. The SMILES string of the molecule is c1ccc(-c2c3ccccc3c(-c3cccc4c3oc3cccc(-c5c6ccccc6c(C6CCCCC6)c6ccccc56)c34)c3ccccc23)cc1. The first-order valence-corrected chi connectivity index (χ1v) is 19.2. The molecular weight excluding hydrogens is 641 g/mol. The van der Waals surface area contributed by atoms with E-state index in [1.54, 1.807) is 5.56 Å². The Bertz CT molecular complexity index is 2920. The Kier molecular flexibility index (Phi) is 7.01. The van der Waals surface area contributed by atoms with Gasteiger partial charge in [-0.3, -0.25) is 0 Å². The number of hydrogen-bond donors (Lipinski definition) is 0. The molecule has 0 aliphatic heterocycles. The summed E-state index contributed by atoms with van der Waals surface area (Å²) in [6.45, 7) is 0. The predicted octanol–water partition coefficient (Wildman–Crippen LogP) is 15.2. The lowest BCUT2D eigenvalue weighted by molar-refractivity contribution is 0.447. The molecule has 1 saturated carbocycles. The third-order valence-electron chi connectivity index (χ3n) is 12.0. The highest BCUT2D eigenvalue weighted by molar-refractivity contribution is 6.27. The summed E-state index contributed by atoms with van der Waals surface area (Å²) in [7, 11) is 0. The molecular formula is C52H38O. The molecule has 1 nitrogen and oxygen atoms in total. The summed E-state index contributed by atoms with van der Waals surface area (Å²) in [4.78, 5) is 0. The molecule has 1 fully saturated rings. The number of benzene rings is 9. The van der Waals surface area contributed by atoms with E-state index in [2.05, 4.69) is 164 Å². The molecule has 0 spiro atoms. The zero-order valence-corrected chi connectivity index (χ0v) is 29.6. The Morgan fingerprint density at radius 1 is 0.358 bits per heavy atom. The molecule has 1 heterocycles. The Hall–Kier alpha value is -6.18. The van der Waals surface area contributed by atoms with Gasteiger partial charge in [0.25, 0.3) is 0 Å². The highest BCUT2D eigenvalue weighted by Crippen LogP contribution is 2.50. The van der Waals surface area contributed by atoms with Crippen molar-refractivity contribution in [1.29, 1.82) is 0 Å². The second-order valence-electron chi connectivity index (χ2n) is 14.9. The van der Waals surface area contributed by atoms with Crippen LogP contribution >= 0.6 is 0 Å². The number of para-hydroxylation sites is 1. The first-order valence-electron chi connectivity index (χ1n) is 19.2. The van der Waals surface area contributed by atoms with Crippen LogP contribution in [0.15, 0.2) is 168 Å². The van der Waals surface area contributed by atoms with E-state index in [4.69, 9.17) is 4.42 Å². The fraction of sp³-hybridized carbons (Fsp3) is 0.115. The number of hydrogen-bond acceptors (Lipinski definition) is 1. The summed E-state index contributed by atoms with van der Waals surface area (Å²) >= 11 is 0. The van der Waals surface area contributed by atoms with E-state index in [-0.39, 0.29) is 0 Å². The molecule has 1 aliphatic carbocycles. The summed E-state index contributed by atoms with van der Waals surface area (Å²) in [6.07, 6.45) is 6.53. The summed E-state index contributed by atoms with van der Waals surface area (Å²) in [5.74, 6) is 0.596. The zero-order valence-electron chi connectivity index (χ0n) is 29.6. The van der Waals surface area contributed by atoms with Crippen molar-refractivity contribution >= 4 is 65.0 Å². The monoisotopic (exact) mass is 678 g/mol. The third-order valence-corrected chi connectivity index (χ3v) is 12.0. The predicted molar refractivity (Wildman–Crippen MR) is 226 cm³/mol. The summed E-state index contributed by atoms with van der Waals surface area (Å²) in [6, 6.07) is 60.3. The van der Waals surface area contributed by atoms with E-state index < -0.39 is 0 Å².